The third-order valence-electron chi connectivity index (χ3n) is 2.99. The summed E-state index contributed by atoms with van der Waals surface area (Å²) in [6.07, 6.45) is 1.19. The zero-order valence-electron chi connectivity index (χ0n) is 11.8. The Kier molecular flexibility index (Phi) is 5.83. The molecule has 1 atom stereocenters. The van der Waals surface area contributed by atoms with Crippen LogP contribution < -0.4 is 16.4 Å². The van der Waals surface area contributed by atoms with Crippen molar-refractivity contribution in [1.82, 2.24) is 5.32 Å². The highest BCUT2D eigenvalue weighted by Gasteiger charge is 2.08. The molecule has 6 heteroatoms. The molecular weight excluding hydrogens is 258 g/mol. The molecule has 1 aromatic carbocycles. The Bertz CT molecular complexity index is 489. The van der Waals surface area contributed by atoms with Crippen LogP contribution in [0.2, 0.25) is 0 Å². The predicted octanol–water partition coefficient (Wildman–Crippen LogP) is 1.68. The van der Waals surface area contributed by atoms with Gasteiger partial charge in [-0.3, -0.25) is 4.79 Å². The maximum absolute atomic E-state index is 11.6. The number of hydrogen-bond donors (Lipinski definition) is 4. The molecule has 0 aliphatic heterocycles. The third-order valence-corrected chi connectivity index (χ3v) is 2.99. The van der Waals surface area contributed by atoms with Crippen LogP contribution in [0.15, 0.2) is 18.2 Å². The van der Waals surface area contributed by atoms with Gasteiger partial charge in [0.1, 0.15) is 0 Å². The number of benzene rings is 1. The summed E-state index contributed by atoms with van der Waals surface area (Å²) in [5.74, 6) is -1.05. The van der Waals surface area contributed by atoms with E-state index in [0.717, 1.165) is 6.42 Å². The summed E-state index contributed by atoms with van der Waals surface area (Å²) in [5.41, 5.74) is 6.90. The molecule has 0 aliphatic carbocycles. The van der Waals surface area contributed by atoms with Gasteiger partial charge in [-0.05, 0) is 31.5 Å². The van der Waals surface area contributed by atoms with E-state index < -0.39 is 5.97 Å². The molecule has 1 amide bonds. The molecule has 1 rings (SSSR count). The Morgan fingerprint density at radius 1 is 1.40 bits per heavy atom. The first kappa shape index (κ1) is 15.8. The molecule has 0 fully saturated rings. The van der Waals surface area contributed by atoms with Gasteiger partial charge in [-0.25, -0.2) is 4.79 Å². The molecule has 0 aliphatic rings. The fraction of sp³-hybridized carbons (Fsp3) is 0.429. The molecule has 1 aromatic rings. The van der Waals surface area contributed by atoms with E-state index in [-0.39, 0.29) is 17.5 Å². The lowest BCUT2D eigenvalue weighted by molar-refractivity contribution is -0.121. The summed E-state index contributed by atoms with van der Waals surface area (Å²) in [6, 6.07) is 4.59. The van der Waals surface area contributed by atoms with Crippen molar-refractivity contribution >= 4 is 23.3 Å². The second kappa shape index (κ2) is 7.37. The van der Waals surface area contributed by atoms with Crippen LogP contribution in [-0.2, 0) is 4.79 Å². The second-order valence-electron chi connectivity index (χ2n) is 4.66. The van der Waals surface area contributed by atoms with Gasteiger partial charge in [-0.15, -0.1) is 0 Å². The first-order valence-electron chi connectivity index (χ1n) is 6.60. The van der Waals surface area contributed by atoms with Crippen molar-refractivity contribution < 1.29 is 14.7 Å². The molecule has 0 spiro atoms. The van der Waals surface area contributed by atoms with Crippen molar-refractivity contribution in [2.45, 2.75) is 32.7 Å². The molecular formula is C14H21N3O3. The van der Waals surface area contributed by atoms with Crippen molar-refractivity contribution in [3.05, 3.63) is 23.8 Å². The molecule has 20 heavy (non-hydrogen) atoms. The fourth-order valence-electron chi connectivity index (χ4n) is 1.60. The topological polar surface area (TPSA) is 104 Å². The van der Waals surface area contributed by atoms with Gasteiger partial charge in [-0.2, -0.15) is 0 Å². The van der Waals surface area contributed by atoms with Crippen molar-refractivity contribution in [2.24, 2.45) is 0 Å². The van der Waals surface area contributed by atoms with Gasteiger partial charge in [-0.1, -0.05) is 6.92 Å². The van der Waals surface area contributed by atoms with Gasteiger partial charge in [0.25, 0.3) is 0 Å². The summed E-state index contributed by atoms with van der Waals surface area (Å²) in [7, 11) is 0. The number of nitrogens with two attached hydrogens (primary N) is 1. The Balaban J connectivity index is 2.51. The number of amides is 1. The maximum atomic E-state index is 11.6. The van der Waals surface area contributed by atoms with Gasteiger partial charge < -0.3 is 21.5 Å². The van der Waals surface area contributed by atoms with Crippen LogP contribution in [0, 0.1) is 0 Å². The molecule has 6 nitrogen and oxygen atoms in total. The molecule has 0 aromatic heterocycles. The second-order valence-corrected chi connectivity index (χ2v) is 4.66. The smallest absolute Gasteiger partial charge is 0.335 e. The molecule has 0 heterocycles. The summed E-state index contributed by atoms with van der Waals surface area (Å²) in [4.78, 5) is 22.5. The molecule has 0 radical (unpaired) electrons. The summed E-state index contributed by atoms with van der Waals surface area (Å²) in [5, 5.41) is 14.7. The lowest BCUT2D eigenvalue weighted by Gasteiger charge is -2.13. The number of carbonyl (C=O) groups excluding carboxylic acids is 1. The maximum Gasteiger partial charge on any atom is 0.335 e. The number of aromatic carboxylic acids is 1. The van der Waals surface area contributed by atoms with Gasteiger partial charge in [0.2, 0.25) is 5.91 Å². The average Bonchev–Trinajstić information content (AvgIpc) is 2.40. The fourth-order valence-corrected chi connectivity index (χ4v) is 1.60. The van der Waals surface area contributed by atoms with Crippen molar-refractivity contribution in [1.29, 1.82) is 0 Å². The van der Waals surface area contributed by atoms with Crippen LogP contribution in [0.5, 0.6) is 0 Å². The highest BCUT2D eigenvalue weighted by atomic mass is 16.4. The first-order valence-corrected chi connectivity index (χ1v) is 6.60. The van der Waals surface area contributed by atoms with E-state index in [1.807, 2.05) is 13.8 Å². The van der Waals surface area contributed by atoms with Crippen LogP contribution in [0.4, 0.5) is 11.4 Å². The SMILES string of the molecule is CCC(C)NC(=O)CCNc1cc(C(=O)O)ccc1N. The van der Waals surface area contributed by atoms with Gasteiger partial charge in [0.05, 0.1) is 16.9 Å². The van der Waals surface area contributed by atoms with Crippen molar-refractivity contribution in [2.75, 3.05) is 17.6 Å². The molecule has 0 saturated heterocycles. The molecule has 1 unspecified atom stereocenters. The average molecular weight is 279 g/mol. The molecule has 0 bridgehead atoms. The summed E-state index contributed by atoms with van der Waals surface area (Å²) >= 11 is 0. The van der Waals surface area contributed by atoms with Crippen LogP contribution >= 0.6 is 0 Å². The van der Waals surface area contributed by atoms with Gasteiger partial charge >= 0.3 is 5.97 Å². The lowest BCUT2D eigenvalue weighted by atomic mass is 10.1. The molecule has 5 N–H and O–H groups in total. The number of rotatable bonds is 7. The van der Waals surface area contributed by atoms with Crippen LogP contribution in [0.3, 0.4) is 0 Å². The minimum atomic E-state index is -1.01. The number of anilines is 2. The zero-order valence-corrected chi connectivity index (χ0v) is 11.8. The Hall–Kier alpha value is -2.24. The van der Waals surface area contributed by atoms with E-state index in [1.165, 1.54) is 18.2 Å². The number of hydrogen-bond acceptors (Lipinski definition) is 4. The number of nitrogens with one attached hydrogen (secondary N) is 2. The summed E-state index contributed by atoms with van der Waals surface area (Å²) in [6.45, 7) is 4.34. The normalized spacial score (nSPS) is 11.7. The third kappa shape index (κ3) is 4.79. The minimum Gasteiger partial charge on any atom is -0.478 e. The molecule has 110 valence electrons. The number of carbonyl (C=O) groups is 2. The zero-order chi connectivity index (χ0) is 15.1. The predicted molar refractivity (Wildman–Crippen MR) is 78.8 cm³/mol. The largest absolute Gasteiger partial charge is 0.478 e. The van der Waals surface area contributed by atoms with Crippen LogP contribution in [0.25, 0.3) is 0 Å². The van der Waals surface area contributed by atoms with E-state index in [9.17, 15) is 9.59 Å². The Morgan fingerprint density at radius 3 is 2.70 bits per heavy atom. The molecule has 0 saturated carbocycles. The Morgan fingerprint density at radius 2 is 2.10 bits per heavy atom. The monoisotopic (exact) mass is 279 g/mol. The highest BCUT2D eigenvalue weighted by molar-refractivity contribution is 5.90. The van der Waals surface area contributed by atoms with E-state index in [2.05, 4.69) is 10.6 Å². The number of nitrogen functional groups attached to an aromatic ring is 1. The number of carboxylic acids is 1. The van der Waals surface area contributed by atoms with Crippen LogP contribution in [-0.4, -0.2) is 29.6 Å². The highest BCUT2D eigenvalue weighted by Crippen LogP contribution is 2.19. The quantitative estimate of drug-likeness (QED) is 0.568. The van der Waals surface area contributed by atoms with Crippen molar-refractivity contribution in [3.8, 4) is 0 Å². The number of carboxylic acid groups (broad SMARTS) is 1. The van der Waals surface area contributed by atoms with Crippen molar-refractivity contribution in [3.63, 3.8) is 0 Å². The summed E-state index contributed by atoms with van der Waals surface area (Å²) < 4.78 is 0. The van der Waals surface area contributed by atoms with E-state index in [1.54, 1.807) is 0 Å². The van der Waals surface area contributed by atoms with E-state index in [0.29, 0.717) is 24.3 Å². The minimum absolute atomic E-state index is 0.0418. The Labute approximate surface area is 118 Å². The van der Waals surface area contributed by atoms with E-state index in [4.69, 9.17) is 10.8 Å². The first-order chi connectivity index (χ1) is 9.43. The van der Waals surface area contributed by atoms with E-state index >= 15 is 0 Å². The van der Waals surface area contributed by atoms with Crippen LogP contribution in [0.1, 0.15) is 37.0 Å². The van der Waals surface area contributed by atoms with Gasteiger partial charge in [0.15, 0.2) is 0 Å². The standard InChI is InChI=1S/C14H21N3O3/c1-3-9(2)17-13(18)6-7-16-12-8-10(14(19)20)4-5-11(12)15/h4-5,8-9,16H,3,6-7,15H2,1-2H3,(H,17,18)(H,19,20). The van der Waals surface area contributed by atoms with Gasteiger partial charge in [0, 0.05) is 19.0 Å². The lowest BCUT2D eigenvalue weighted by Crippen LogP contribution is -2.33.